The Hall–Kier alpha value is -1.04. The molecule has 0 aliphatic heterocycles. The van der Waals surface area contributed by atoms with Gasteiger partial charge >= 0.3 is 6.09 Å². The fourth-order valence-corrected chi connectivity index (χ4v) is 1.20. The molecule has 0 aromatic heterocycles. The van der Waals surface area contributed by atoms with Crippen LogP contribution in [-0.2, 0) is 4.74 Å². The van der Waals surface area contributed by atoms with Crippen molar-refractivity contribution in [1.29, 1.82) is 0 Å². The number of carbonyl (C=O) groups excluding carboxylic acids is 1. The summed E-state index contributed by atoms with van der Waals surface area (Å²) in [7, 11) is 0. The molecule has 0 rings (SSSR count). The van der Waals surface area contributed by atoms with Gasteiger partial charge in [0.05, 0.1) is 0 Å². The number of alkyl carbamates (subject to hydrolysis) is 1. The minimum absolute atomic E-state index is 0.412. The third-order valence-electron chi connectivity index (χ3n) is 1.75. The number of nitrogens with one attached hydrogen (secondary N) is 3. The van der Waals surface area contributed by atoms with Gasteiger partial charge in [0.15, 0.2) is 5.11 Å². The number of amides is 1. The maximum atomic E-state index is 11.3. The molecular weight excluding hydrogens is 250 g/mol. The molecule has 18 heavy (non-hydrogen) atoms. The molecule has 0 aliphatic carbocycles. The Labute approximate surface area is 115 Å². The van der Waals surface area contributed by atoms with Crippen molar-refractivity contribution in [2.45, 2.75) is 40.2 Å². The van der Waals surface area contributed by atoms with Gasteiger partial charge in [0, 0.05) is 19.6 Å². The van der Waals surface area contributed by atoms with Crippen molar-refractivity contribution in [1.82, 2.24) is 16.0 Å². The maximum absolute atomic E-state index is 11.3. The summed E-state index contributed by atoms with van der Waals surface area (Å²) in [4.78, 5) is 11.3. The Morgan fingerprint density at radius 1 is 1.17 bits per heavy atom. The fourth-order valence-electron chi connectivity index (χ4n) is 1.01. The third-order valence-corrected chi connectivity index (χ3v) is 2.04. The van der Waals surface area contributed by atoms with E-state index in [0.717, 1.165) is 6.54 Å². The number of rotatable bonds is 5. The molecule has 0 fully saturated rings. The lowest BCUT2D eigenvalue weighted by molar-refractivity contribution is 0.0529. The maximum Gasteiger partial charge on any atom is 0.407 e. The molecule has 0 heterocycles. The zero-order chi connectivity index (χ0) is 14.2. The molecule has 0 saturated carbocycles. The molecule has 5 nitrogen and oxygen atoms in total. The summed E-state index contributed by atoms with van der Waals surface area (Å²) >= 11 is 5.07. The second kappa shape index (κ2) is 8.13. The number of carbonyl (C=O) groups is 1. The van der Waals surface area contributed by atoms with E-state index in [0.29, 0.717) is 24.1 Å². The number of hydrogen-bond donors (Lipinski definition) is 3. The topological polar surface area (TPSA) is 62.4 Å². The first-order valence-electron chi connectivity index (χ1n) is 6.19. The van der Waals surface area contributed by atoms with E-state index in [1.54, 1.807) is 0 Å². The van der Waals surface area contributed by atoms with Crippen LogP contribution >= 0.6 is 12.2 Å². The molecule has 6 heteroatoms. The van der Waals surface area contributed by atoms with Crippen molar-refractivity contribution in [3.05, 3.63) is 0 Å². The van der Waals surface area contributed by atoms with E-state index >= 15 is 0 Å². The molecule has 0 spiro atoms. The van der Waals surface area contributed by atoms with Gasteiger partial charge in [-0.1, -0.05) is 13.8 Å². The first kappa shape index (κ1) is 17.0. The van der Waals surface area contributed by atoms with Gasteiger partial charge in [-0.3, -0.25) is 0 Å². The molecule has 0 bridgehead atoms. The minimum Gasteiger partial charge on any atom is -0.444 e. The first-order chi connectivity index (χ1) is 8.20. The Bertz CT molecular complexity index is 275. The van der Waals surface area contributed by atoms with Gasteiger partial charge in [-0.15, -0.1) is 0 Å². The van der Waals surface area contributed by atoms with Crippen molar-refractivity contribution < 1.29 is 9.53 Å². The smallest absolute Gasteiger partial charge is 0.407 e. The molecule has 0 aliphatic rings. The summed E-state index contributed by atoms with van der Waals surface area (Å²) in [5, 5.41) is 9.35. The number of hydrogen-bond acceptors (Lipinski definition) is 3. The second-order valence-corrected chi connectivity index (χ2v) is 5.87. The SMILES string of the molecule is CC(C)CNC(=S)NCCNC(=O)OC(C)(C)C. The van der Waals surface area contributed by atoms with Gasteiger partial charge < -0.3 is 20.7 Å². The van der Waals surface area contributed by atoms with Crippen molar-refractivity contribution >= 4 is 23.4 Å². The molecule has 106 valence electrons. The van der Waals surface area contributed by atoms with Crippen LogP contribution in [0.15, 0.2) is 0 Å². The molecule has 3 N–H and O–H groups in total. The van der Waals surface area contributed by atoms with Crippen LogP contribution in [0.4, 0.5) is 4.79 Å². The van der Waals surface area contributed by atoms with E-state index in [-0.39, 0.29) is 0 Å². The Balaban J connectivity index is 3.56. The van der Waals surface area contributed by atoms with E-state index in [4.69, 9.17) is 17.0 Å². The van der Waals surface area contributed by atoms with Gasteiger partial charge in [0.25, 0.3) is 0 Å². The molecule has 0 aromatic rings. The highest BCUT2D eigenvalue weighted by molar-refractivity contribution is 7.80. The zero-order valence-corrected chi connectivity index (χ0v) is 12.7. The summed E-state index contributed by atoms with van der Waals surface area (Å²) in [6.07, 6.45) is -0.412. The average molecular weight is 275 g/mol. The van der Waals surface area contributed by atoms with Gasteiger partial charge in [-0.05, 0) is 38.9 Å². The van der Waals surface area contributed by atoms with E-state index in [1.165, 1.54) is 0 Å². The quantitative estimate of drug-likeness (QED) is 0.526. The van der Waals surface area contributed by atoms with Gasteiger partial charge in [0.1, 0.15) is 5.60 Å². The lowest BCUT2D eigenvalue weighted by atomic mass is 10.2. The Morgan fingerprint density at radius 2 is 1.72 bits per heavy atom. The Morgan fingerprint density at radius 3 is 2.22 bits per heavy atom. The first-order valence-corrected chi connectivity index (χ1v) is 6.60. The molecule has 0 radical (unpaired) electrons. The zero-order valence-electron chi connectivity index (χ0n) is 11.9. The lowest BCUT2D eigenvalue weighted by Gasteiger charge is -2.19. The predicted octanol–water partition coefficient (Wildman–Crippen LogP) is 1.63. The predicted molar refractivity (Wildman–Crippen MR) is 77.7 cm³/mol. The fraction of sp³-hybridized carbons (Fsp3) is 0.833. The lowest BCUT2D eigenvalue weighted by Crippen LogP contribution is -2.42. The standard InChI is InChI=1S/C12H25N3O2S/c1-9(2)8-15-10(18)13-6-7-14-11(16)17-12(3,4)5/h9H,6-8H2,1-5H3,(H,14,16)(H2,13,15,18). The van der Waals surface area contributed by atoms with E-state index in [9.17, 15) is 4.79 Å². The largest absolute Gasteiger partial charge is 0.444 e. The van der Waals surface area contributed by atoms with Crippen LogP contribution in [0.2, 0.25) is 0 Å². The highest BCUT2D eigenvalue weighted by atomic mass is 32.1. The monoisotopic (exact) mass is 275 g/mol. The number of ether oxygens (including phenoxy) is 1. The molecular formula is C12H25N3O2S. The van der Waals surface area contributed by atoms with E-state index < -0.39 is 11.7 Å². The second-order valence-electron chi connectivity index (χ2n) is 5.46. The summed E-state index contributed by atoms with van der Waals surface area (Å²) in [5.74, 6) is 0.546. The average Bonchev–Trinajstić information content (AvgIpc) is 2.19. The van der Waals surface area contributed by atoms with Crippen LogP contribution in [0.5, 0.6) is 0 Å². The number of thiocarbonyl (C=S) groups is 1. The van der Waals surface area contributed by atoms with E-state index in [1.807, 2.05) is 20.8 Å². The normalized spacial score (nSPS) is 11.0. The van der Waals surface area contributed by atoms with Gasteiger partial charge in [-0.2, -0.15) is 0 Å². The summed E-state index contributed by atoms with van der Waals surface area (Å²) < 4.78 is 5.10. The van der Waals surface area contributed by atoms with Crippen LogP contribution < -0.4 is 16.0 Å². The van der Waals surface area contributed by atoms with Crippen LogP contribution in [-0.4, -0.2) is 36.4 Å². The van der Waals surface area contributed by atoms with Crippen molar-refractivity contribution in [3.8, 4) is 0 Å². The molecule has 1 amide bonds. The highest BCUT2D eigenvalue weighted by Gasteiger charge is 2.15. The van der Waals surface area contributed by atoms with Crippen molar-refractivity contribution in [2.24, 2.45) is 5.92 Å². The Kier molecular flexibility index (Phi) is 7.66. The van der Waals surface area contributed by atoms with Gasteiger partial charge in [-0.25, -0.2) is 4.79 Å². The molecule has 0 aromatic carbocycles. The highest BCUT2D eigenvalue weighted by Crippen LogP contribution is 2.05. The van der Waals surface area contributed by atoms with E-state index in [2.05, 4.69) is 29.8 Å². The van der Waals surface area contributed by atoms with Crippen LogP contribution in [0.1, 0.15) is 34.6 Å². The van der Waals surface area contributed by atoms with Crippen LogP contribution in [0, 0.1) is 5.92 Å². The van der Waals surface area contributed by atoms with Crippen molar-refractivity contribution in [3.63, 3.8) is 0 Å². The molecule has 0 saturated heterocycles. The van der Waals surface area contributed by atoms with Crippen LogP contribution in [0.25, 0.3) is 0 Å². The summed E-state index contributed by atoms with van der Waals surface area (Å²) in [6.45, 7) is 11.6. The summed E-state index contributed by atoms with van der Waals surface area (Å²) in [6, 6.07) is 0. The van der Waals surface area contributed by atoms with Gasteiger partial charge in [0.2, 0.25) is 0 Å². The minimum atomic E-state index is -0.467. The molecule has 0 unspecified atom stereocenters. The van der Waals surface area contributed by atoms with Crippen molar-refractivity contribution in [2.75, 3.05) is 19.6 Å². The summed E-state index contributed by atoms with van der Waals surface area (Å²) in [5.41, 5.74) is -0.467. The molecule has 0 atom stereocenters. The third kappa shape index (κ3) is 11.4. The van der Waals surface area contributed by atoms with Crippen LogP contribution in [0.3, 0.4) is 0 Å².